The lowest BCUT2D eigenvalue weighted by molar-refractivity contribution is -0.128. The zero-order valence-corrected chi connectivity index (χ0v) is 24.6. The molecule has 0 fully saturated rings. The highest BCUT2D eigenvalue weighted by atomic mass is 16.5. The summed E-state index contributed by atoms with van der Waals surface area (Å²) in [6, 6.07) is 12.3. The molecule has 0 saturated carbocycles. The molecule has 0 radical (unpaired) electrons. The number of carbonyl (C=O) groups is 3. The van der Waals surface area contributed by atoms with Gasteiger partial charge in [0.15, 0.2) is 17.3 Å². The second-order valence-electron chi connectivity index (χ2n) is 10.0. The Hall–Kier alpha value is -4.54. The molecule has 3 aromatic rings. The lowest BCUT2D eigenvalue weighted by Gasteiger charge is -2.35. The van der Waals surface area contributed by atoms with Gasteiger partial charge in [0, 0.05) is 35.7 Å². The van der Waals surface area contributed by atoms with Crippen LogP contribution in [0.4, 0.5) is 11.5 Å². The first-order valence-corrected chi connectivity index (χ1v) is 13.3. The molecule has 1 unspecified atom stereocenters. The molecule has 11 heteroatoms. The molecule has 0 aliphatic rings. The minimum Gasteiger partial charge on any atom is -0.497 e. The molecule has 1 aromatic heterocycles. The summed E-state index contributed by atoms with van der Waals surface area (Å²) in [5.74, 6) is 0.794. The summed E-state index contributed by atoms with van der Waals surface area (Å²) in [5, 5.41) is 9.45. The van der Waals surface area contributed by atoms with Gasteiger partial charge in [-0.05, 0) is 57.5 Å². The van der Waals surface area contributed by atoms with E-state index in [1.54, 1.807) is 55.5 Å². The van der Waals surface area contributed by atoms with Gasteiger partial charge in [-0.2, -0.15) is 0 Å². The first kappa shape index (κ1) is 31.0. The molecule has 11 nitrogen and oxygen atoms in total. The van der Waals surface area contributed by atoms with Crippen molar-refractivity contribution in [2.75, 3.05) is 31.5 Å². The first-order valence-electron chi connectivity index (χ1n) is 13.3. The Morgan fingerprint density at radius 1 is 1.00 bits per heavy atom. The Morgan fingerprint density at radius 2 is 1.71 bits per heavy atom. The van der Waals surface area contributed by atoms with E-state index in [0.29, 0.717) is 40.7 Å². The number of amides is 3. The van der Waals surface area contributed by atoms with E-state index in [4.69, 9.17) is 18.7 Å². The van der Waals surface area contributed by atoms with Crippen LogP contribution in [-0.4, -0.2) is 49.7 Å². The highest BCUT2D eigenvalue weighted by molar-refractivity contribution is 6.03. The largest absolute Gasteiger partial charge is 0.497 e. The van der Waals surface area contributed by atoms with Gasteiger partial charge in [-0.3, -0.25) is 19.3 Å². The van der Waals surface area contributed by atoms with E-state index in [2.05, 4.69) is 15.8 Å². The van der Waals surface area contributed by atoms with Crippen molar-refractivity contribution >= 4 is 29.2 Å². The maximum Gasteiger partial charge on any atom is 0.248 e. The molecular weight excluding hydrogens is 528 g/mol. The Labute approximate surface area is 240 Å². The van der Waals surface area contributed by atoms with Crippen LogP contribution in [0, 0.1) is 6.92 Å². The zero-order valence-electron chi connectivity index (χ0n) is 24.6. The average molecular weight is 567 g/mol. The van der Waals surface area contributed by atoms with Crippen molar-refractivity contribution in [3.05, 3.63) is 59.9 Å². The predicted octanol–water partition coefficient (Wildman–Crippen LogP) is 4.81. The number of hydrogen-bond acceptors (Lipinski definition) is 8. The van der Waals surface area contributed by atoms with E-state index in [9.17, 15) is 14.4 Å². The molecule has 41 heavy (non-hydrogen) atoms. The fourth-order valence-corrected chi connectivity index (χ4v) is 4.17. The Morgan fingerprint density at radius 3 is 2.27 bits per heavy atom. The zero-order chi connectivity index (χ0) is 30.2. The van der Waals surface area contributed by atoms with Gasteiger partial charge in [-0.25, -0.2) is 0 Å². The quantitative estimate of drug-likeness (QED) is 0.301. The normalized spacial score (nSPS) is 11.8. The molecule has 3 amide bonds. The van der Waals surface area contributed by atoms with E-state index in [0.717, 1.165) is 0 Å². The number of aromatic nitrogens is 1. The molecule has 0 aliphatic heterocycles. The van der Waals surface area contributed by atoms with Gasteiger partial charge in [0.25, 0.3) is 0 Å². The van der Waals surface area contributed by atoms with Gasteiger partial charge < -0.3 is 29.4 Å². The summed E-state index contributed by atoms with van der Waals surface area (Å²) in [4.78, 5) is 42.1. The number of aryl methyl sites for hydroxylation is 1. The van der Waals surface area contributed by atoms with Crippen molar-refractivity contribution in [2.24, 2.45) is 0 Å². The monoisotopic (exact) mass is 566 g/mol. The van der Waals surface area contributed by atoms with Crippen molar-refractivity contribution in [3.63, 3.8) is 0 Å². The van der Waals surface area contributed by atoms with Gasteiger partial charge in [0.1, 0.15) is 17.6 Å². The third-order valence-corrected chi connectivity index (χ3v) is 6.66. The third kappa shape index (κ3) is 7.77. The van der Waals surface area contributed by atoms with Crippen molar-refractivity contribution in [3.8, 4) is 17.2 Å². The van der Waals surface area contributed by atoms with E-state index in [1.807, 2.05) is 20.8 Å². The number of methoxy groups -OCH3 is 3. The lowest BCUT2D eigenvalue weighted by Crippen LogP contribution is -2.50. The molecule has 0 bridgehead atoms. The second kappa shape index (κ2) is 13.7. The molecule has 1 heterocycles. The number of ether oxygens (including phenoxy) is 3. The molecule has 2 aromatic carbocycles. The maximum absolute atomic E-state index is 14.1. The number of benzene rings is 2. The molecule has 1 atom stereocenters. The summed E-state index contributed by atoms with van der Waals surface area (Å²) in [5.41, 5.74) is 0.289. The first-order chi connectivity index (χ1) is 19.5. The highest BCUT2D eigenvalue weighted by Crippen LogP contribution is 2.40. The van der Waals surface area contributed by atoms with Crippen LogP contribution in [0.1, 0.15) is 57.4 Å². The van der Waals surface area contributed by atoms with Gasteiger partial charge in [0.2, 0.25) is 17.7 Å². The number of nitrogens with one attached hydrogen (secondary N) is 2. The molecular formula is C30H38N4O7. The third-order valence-electron chi connectivity index (χ3n) is 6.66. The highest BCUT2D eigenvalue weighted by Gasteiger charge is 2.37. The molecule has 0 saturated heterocycles. The van der Waals surface area contributed by atoms with Crippen molar-refractivity contribution < 1.29 is 33.1 Å². The van der Waals surface area contributed by atoms with Crippen molar-refractivity contribution in [2.45, 2.75) is 58.5 Å². The molecule has 3 rings (SSSR count). The smallest absolute Gasteiger partial charge is 0.248 e. The van der Waals surface area contributed by atoms with Gasteiger partial charge >= 0.3 is 0 Å². The summed E-state index contributed by atoms with van der Waals surface area (Å²) in [6.07, 6.45) is 0.308. The summed E-state index contributed by atoms with van der Waals surface area (Å²) < 4.78 is 21.5. The van der Waals surface area contributed by atoms with Crippen LogP contribution in [0.5, 0.6) is 17.2 Å². The van der Waals surface area contributed by atoms with Crippen LogP contribution in [0.2, 0.25) is 0 Å². The Balaban J connectivity index is 2.08. The molecule has 0 spiro atoms. The van der Waals surface area contributed by atoms with Gasteiger partial charge in [-0.1, -0.05) is 24.2 Å². The van der Waals surface area contributed by atoms with E-state index >= 15 is 0 Å². The van der Waals surface area contributed by atoms with Crippen LogP contribution >= 0.6 is 0 Å². The van der Waals surface area contributed by atoms with Crippen LogP contribution in [0.15, 0.2) is 53.1 Å². The SMILES string of the molecule is CCC(C)(C)NC(=O)C(c1cccc(OC)c1OC)N(C(=O)CCC(=O)Nc1cc(C)on1)c1ccc(OC)cc1. The lowest BCUT2D eigenvalue weighted by atomic mass is 9.97. The predicted molar refractivity (Wildman–Crippen MR) is 154 cm³/mol. The van der Waals surface area contributed by atoms with Crippen LogP contribution in [0.3, 0.4) is 0 Å². The van der Waals surface area contributed by atoms with Crippen molar-refractivity contribution in [1.82, 2.24) is 10.5 Å². The molecule has 2 N–H and O–H groups in total. The van der Waals surface area contributed by atoms with Crippen LogP contribution in [-0.2, 0) is 14.4 Å². The standard InChI is InChI=1S/C30H38N4O7/c1-8-30(3,4)32-29(37)27(22-10-9-11-23(39-6)28(22)40-7)34(20-12-14-21(38-5)15-13-20)26(36)17-16-25(35)31-24-18-19(2)41-33-24/h9-15,18,27H,8,16-17H2,1-7H3,(H,32,37)(H,31,33,35). The minimum atomic E-state index is -1.16. The molecule has 0 aliphatic carbocycles. The van der Waals surface area contributed by atoms with E-state index < -0.39 is 29.3 Å². The topological polar surface area (TPSA) is 132 Å². The maximum atomic E-state index is 14.1. The number of nitrogens with zero attached hydrogens (tertiary/aromatic N) is 2. The molecule has 220 valence electrons. The van der Waals surface area contributed by atoms with Gasteiger partial charge in [0.05, 0.1) is 21.3 Å². The fraction of sp³-hybridized carbons (Fsp3) is 0.400. The summed E-state index contributed by atoms with van der Waals surface area (Å²) >= 11 is 0. The van der Waals surface area contributed by atoms with E-state index in [1.165, 1.54) is 26.2 Å². The number of anilines is 2. The number of rotatable bonds is 13. The van der Waals surface area contributed by atoms with Crippen LogP contribution < -0.4 is 29.7 Å². The summed E-state index contributed by atoms with van der Waals surface area (Å²) in [7, 11) is 4.51. The average Bonchev–Trinajstić information content (AvgIpc) is 3.37. The summed E-state index contributed by atoms with van der Waals surface area (Å²) in [6.45, 7) is 7.47. The van der Waals surface area contributed by atoms with Gasteiger partial charge in [-0.15, -0.1) is 0 Å². The Kier molecular flexibility index (Phi) is 10.3. The van der Waals surface area contributed by atoms with Crippen LogP contribution in [0.25, 0.3) is 0 Å². The Bertz CT molecular complexity index is 1350. The number of para-hydroxylation sites is 1. The number of hydrogen-bond donors (Lipinski definition) is 2. The second-order valence-corrected chi connectivity index (χ2v) is 10.0. The van der Waals surface area contributed by atoms with Crippen molar-refractivity contribution in [1.29, 1.82) is 0 Å². The fourth-order valence-electron chi connectivity index (χ4n) is 4.17. The van der Waals surface area contributed by atoms with E-state index in [-0.39, 0.29) is 18.7 Å². The minimum absolute atomic E-state index is 0.151. The number of carbonyl (C=O) groups excluding carboxylic acids is 3.